The first-order valence-electron chi connectivity index (χ1n) is 6.55. The van der Waals surface area contributed by atoms with Gasteiger partial charge in [-0.2, -0.15) is 4.31 Å². The molecule has 1 heterocycles. The molecule has 1 aromatic carbocycles. The molecule has 0 fully saturated rings. The van der Waals surface area contributed by atoms with Crippen molar-refractivity contribution in [3.05, 3.63) is 28.7 Å². The Morgan fingerprint density at radius 2 is 1.77 bits per heavy atom. The molecule has 7 nitrogen and oxygen atoms in total. The Labute approximate surface area is 135 Å². The SMILES string of the molecule is CC(CN)N(C)S(=O)(=O)c1ccc2c(c1)n(C)c(=O)n2C.Cl. The van der Waals surface area contributed by atoms with Crippen LogP contribution in [-0.4, -0.2) is 41.5 Å². The molecule has 0 saturated carbocycles. The maximum absolute atomic E-state index is 12.6. The number of aromatic nitrogens is 2. The minimum Gasteiger partial charge on any atom is -0.329 e. The molecular formula is C13H21ClN4O3S. The number of aryl methyl sites for hydroxylation is 2. The second kappa shape index (κ2) is 6.41. The van der Waals surface area contributed by atoms with Gasteiger partial charge in [-0.1, -0.05) is 0 Å². The van der Waals surface area contributed by atoms with Gasteiger partial charge in [-0.05, 0) is 25.1 Å². The monoisotopic (exact) mass is 348 g/mol. The highest BCUT2D eigenvalue weighted by molar-refractivity contribution is 7.89. The van der Waals surface area contributed by atoms with Crippen molar-refractivity contribution in [2.24, 2.45) is 19.8 Å². The van der Waals surface area contributed by atoms with E-state index in [2.05, 4.69) is 0 Å². The van der Waals surface area contributed by atoms with E-state index in [9.17, 15) is 13.2 Å². The number of hydrogen-bond donors (Lipinski definition) is 1. The summed E-state index contributed by atoms with van der Waals surface area (Å²) in [6, 6.07) is 4.37. The molecule has 1 aromatic heterocycles. The average molecular weight is 349 g/mol. The molecule has 0 saturated heterocycles. The lowest BCUT2D eigenvalue weighted by molar-refractivity contribution is 0.394. The highest BCUT2D eigenvalue weighted by Gasteiger charge is 2.25. The Kier molecular flexibility index (Phi) is 5.45. The van der Waals surface area contributed by atoms with Crippen LogP contribution in [0.1, 0.15) is 6.92 Å². The van der Waals surface area contributed by atoms with Crippen LogP contribution in [0, 0.1) is 0 Å². The standard InChI is InChI=1S/C13H20N4O3S.ClH/c1-9(8-14)17(4)21(19,20)10-5-6-11-12(7-10)16(3)13(18)15(11)2;/h5-7,9H,8,14H2,1-4H3;1H. The van der Waals surface area contributed by atoms with E-state index in [1.807, 2.05) is 0 Å². The number of likely N-dealkylation sites (N-methyl/N-ethyl adjacent to an activating group) is 1. The summed E-state index contributed by atoms with van der Waals surface area (Å²) in [5.74, 6) is 0. The van der Waals surface area contributed by atoms with Crippen molar-refractivity contribution in [1.29, 1.82) is 0 Å². The van der Waals surface area contributed by atoms with Crippen molar-refractivity contribution in [1.82, 2.24) is 13.4 Å². The predicted octanol–water partition coefficient (Wildman–Crippen LogP) is 0.266. The number of fused-ring (bicyclic) bond motifs is 1. The molecule has 124 valence electrons. The van der Waals surface area contributed by atoms with Gasteiger partial charge >= 0.3 is 5.69 Å². The molecular weight excluding hydrogens is 328 g/mol. The van der Waals surface area contributed by atoms with Crippen LogP contribution in [-0.2, 0) is 24.1 Å². The number of rotatable bonds is 4. The summed E-state index contributed by atoms with van der Waals surface area (Å²) in [4.78, 5) is 12.0. The normalized spacial score (nSPS) is 13.4. The molecule has 1 atom stereocenters. The van der Waals surface area contributed by atoms with E-state index in [1.54, 1.807) is 27.1 Å². The van der Waals surface area contributed by atoms with Gasteiger partial charge in [-0.25, -0.2) is 13.2 Å². The van der Waals surface area contributed by atoms with Crippen molar-refractivity contribution < 1.29 is 8.42 Å². The predicted molar refractivity (Wildman–Crippen MR) is 88.9 cm³/mol. The second-order valence-electron chi connectivity index (χ2n) is 5.16. The molecule has 9 heteroatoms. The van der Waals surface area contributed by atoms with Crippen LogP contribution in [0.15, 0.2) is 27.9 Å². The molecule has 0 spiro atoms. The number of halogens is 1. The first kappa shape index (κ1) is 18.7. The van der Waals surface area contributed by atoms with Crippen LogP contribution in [0.4, 0.5) is 0 Å². The molecule has 0 radical (unpaired) electrons. The van der Waals surface area contributed by atoms with Crippen molar-refractivity contribution in [2.75, 3.05) is 13.6 Å². The van der Waals surface area contributed by atoms with Crippen LogP contribution < -0.4 is 11.4 Å². The van der Waals surface area contributed by atoms with Gasteiger partial charge in [0.25, 0.3) is 0 Å². The summed E-state index contributed by atoms with van der Waals surface area (Å²) < 4.78 is 29.3. The van der Waals surface area contributed by atoms with E-state index in [-0.39, 0.29) is 35.6 Å². The minimum atomic E-state index is -3.63. The van der Waals surface area contributed by atoms with Crippen LogP contribution in [0.2, 0.25) is 0 Å². The van der Waals surface area contributed by atoms with Crippen LogP contribution >= 0.6 is 12.4 Å². The molecule has 0 aliphatic carbocycles. The fourth-order valence-electron chi connectivity index (χ4n) is 2.20. The maximum atomic E-state index is 12.6. The van der Waals surface area contributed by atoms with E-state index in [0.717, 1.165) is 0 Å². The largest absolute Gasteiger partial charge is 0.329 e. The lowest BCUT2D eigenvalue weighted by atomic mass is 10.3. The number of imidazole rings is 1. The van der Waals surface area contributed by atoms with Crippen LogP contribution in [0.3, 0.4) is 0 Å². The lowest BCUT2D eigenvalue weighted by Crippen LogP contribution is -2.39. The third-order valence-electron chi connectivity index (χ3n) is 3.88. The molecule has 0 amide bonds. The number of sulfonamides is 1. The summed E-state index contributed by atoms with van der Waals surface area (Å²) >= 11 is 0. The Bertz CT molecular complexity index is 841. The highest BCUT2D eigenvalue weighted by Crippen LogP contribution is 2.21. The van der Waals surface area contributed by atoms with Crippen molar-refractivity contribution in [2.45, 2.75) is 17.9 Å². The van der Waals surface area contributed by atoms with Crippen molar-refractivity contribution in [3.63, 3.8) is 0 Å². The third kappa shape index (κ3) is 2.79. The van der Waals surface area contributed by atoms with Gasteiger partial charge < -0.3 is 5.73 Å². The molecule has 0 bridgehead atoms. The van der Waals surface area contributed by atoms with Gasteiger partial charge in [0.05, 0.1) is 15.9 Å². The molecule has 2 N–H and O–H groups in total. The molecule has 0 aliphatic heterocycles. The van der Waals surface area contributed by atoms with Gasteiger partial charge in [-0.3, -0.25) is 9.13 Å². The van der Waals surface area contributed by atoms with Crippen molar-refractivity contribution in [3.8, 4) is 0 Å². The topological polar surface area (TPSA) is 90.3 Å². The van der Waals surface area contributed by atoms with Gasteiger partial charge in [0, 0.05) is 33.7 Å². The van der Waals surface area contributed by atoms with Gasteiger partial charge in [0.1, 0.15) is 0 Å². The Morgan fingerprint density at radius 1 is 1.23 bits per heavy atom. The lowest BCUT2D eigenvalue weighted by Gasteiger charge is -2.23. The molecule has 0 aliphatic rings. The zero-order valence-electron chi connectivity index (χ0n) is 13.0. The van der Waals surface area contributed by atoms with Gasteiger partial charge in [-0.15, -0.1) is 12.4 Å². The number of nitrogens with two attached hydrogens (primary N) is 1. The van der Waals surface area contributed by atoms with Crippen molar-refractivity contribution >= 4 is 33.5 Å². The summed E-state index contributed by atoms with van der Waals surface area (Å²) in [5, 5.41) is 0. The fourth-order valence-corrected chi connectivity index (χ4v) is 3.59. The summed E-state index contributed by atoms with van der Waals surface area (Å²) in [6.07, 6.45) is 0. The van der Waals surface area contributed by atoms with Gasteiger partial charge in [0.2, 0.25) is 10.0 Å². The molecule has 2 aromatic rings. The quantitative estimate of drug-likeness (QED) is 0.858. The summed E-state index contributed by atoms with van der Waals surface area (Å²) in [7, 11) is 1.14. The number of nitrogens with zero attached hydrogens (tertiary/aromatic N) is 3. The fraction of sp³-hybridized carbons (Fsp3) is 0.462. The number of hydrogen-bond acceptors (Lipinski definition) is 4. The first-order valence-corrected chi connectivity index (χ1v) is 7.99. The highest BCUT2D eigenvalue weighted by atomic mass is 35.5. The van der Waals surface area contributed by atoms with E-state index in [0.29, 0.717) is 11.0 Å². The van der Waals surface area contributed by atoms with Crippen LogP contribution in [0.25, 0.3) is 11.0 Å². The molecule has 1 unspecified atom stereocenters. The molecule has 22 heavy (non-hydrogen) atoms. The van der Waals surface area contributed by atoms with E-state index < -0.39 is 10.0 Å². The molecule has 2 rings (SSSR count). The average Bonchev–Trinajstić information content (AvgIpc) is 2.70. The van der Waals surface area contributed by atoms with Crippen LogP contribution in [0.5, 0.6) is 0 Å². The zero-order chi connectivity index (χ0) is 15.9. The van der Waals surface area contributed by atoms with E-state index >= 15 is 0 Å². The maximum Gasteiger partial charge on any atom is 0.328 e. The Hall–Kier alpha value is -1.35. The minimum absolute atomic E-state index is 0. The smallest absolute Gasteiger partial charge is 0.328 e. The van der Waals surface area contributed by atoms with E-state index in [1.165, 1.54) is 32.6 Å². The zero-order valence-corrected chi connectivity index (χ0v) is 14.6. The summed E-state index contributed by atoms with van der Waals surface area (Å²) in [6.45, 7) is 1.98. The first-order chi connectivity index (χ1) is 9.71. The third-order valence-corrected chi connectivity index (χ3v) is 5.85. The Balaban J connectivity index is 0.00000242. The second-order valence-corrected chi connectivity index (χ2v) is 7.15. The van der Waals surface area contributed by atoms with Gasteiger partial charge in [0.15, 0.2) is 0 Å². The Morgan fingerprint density at radius 3 is 2.32 bits per heavy atom. The van der Waals surface area contributed by atoms with E-state index in [4.69, 9.17) is 5.73 Å². The summed E-state index contributed by atoms with van der Waals surface area (Å²) in [5.41, 5.74) is 6.61. The number of benzene rings is 1.